The zero-order valence-electron chi connectivity index (χ0n) is 13.6. The van der Waals surface area contributed by atoms with E-state index in [9.17, 15) is 0 Å². The monoisotopic (exact) mass is 285 g/mol. The fourth-order valence-corrected chi connectivity index (χ4v) is 3.38. The molecule has 0 atom stereocenters. The molecule has 1 aliphatic heterocycles. The van der Waals surface area contributed by atoms with Gasteiger partial charge in [-0.25, -0.2) is 4.98 Å². The van der Waals surface area contributed by atoms with Crippen LogP contribution in [0.2, 0.25) is 0 Å². The molecule has 0 saturated carbocycles. The van der Waals surface area contributed by atoms with Crippen molar-refractivity contribution in [3.05, 3.63) is 29.1 Å². The number of aryl methyl sites for hydroxylation is 3. The van der Waals surface area contributed by atoms with Crippen molar-refractivity contribution in [3.8, 4) is 0 Å². The number of rotatable bonds is 4. The van der Waals surface area contributed by atoms with Crippen LogP contribution in [0.25, 0.3) is 11.0 Å². The van der Waals surface area contributed by atoms with E-state index in [4.69, 9.17) is 4.98 Å². The molecular formula is C18H27N3. The first kappa shape index (κ1) is 14.6. The third kappa shape index (κ3) is 2.84. The predicted octanol–water partition coefficient (Wildman–Crippen LogP) is 3.92. The van der Waals surface area contributed by atoms with E-state index in [0.29, 0.717) is 6.04 Å². The van der Waals surface area contributed by atoms with E-state index in [0.717, 1.165) is 19.5 Å². The smallest absolute Gasteiger partial charge is 0.110 e. The van der Waals surface area contributed by atoms with E-state index in [1.165, 1.54) is 53.7 Å². The van der Waals surface area contributed by atoms with Crippen molar-refractivity contribution in [2.24, 2.45) is 0 Å². The zero-order valence-corrected chi connectivity index (χ0v) is 13.6. The zero-order chi connectivity index (χ0) is 14.8. The second kappa shape index (κ2) is 6.18. The average Bonchev–Trinajstić information content (AvgIpc) is 2.84. The highest BCUT2D eigenvalue weighted by atomic mass is 15.1. The van der Waals surface area contributed by atoms with Gasteiger partial charge in [-0.2, -0.15) is 0 Å². The Kier molecular flexibility index (Phi) is 4.29. The Labute approximate surface area is 127 Å². The summed E-state index contributed by atoms with van der Waals surface area (Å²) in [6, 6.07) is 5.22. The Bertz CT molecular complexity index is 621. The summed E-state index contributed by atoms with van der Waals surface area (Å²) in [5.41, 5.74) is 5.25. The summed E-state index contributed by atoms with van der Waals surface area (Å²) in [5, 5.41) is 3.47. The highest BCUT2D eigenvalue weighted by Crippen LogP contribution is 2.29. The largest absolute Gasteiger partial charge is 0.325 e. The molecule has 114 valence electrons. The Hall–Kier alpha value is -1.35. The maximum Gasteiger partial charge on any atom is 0.110 e. The van der Waals surface area contributed by atoms with Crippen LogP contribution in [-0.4, -0.2) is 22.6 Å². The van der Waals surface area contributed by atoms with Crippen LogP contribution in [0.15, 0.2) is 12.1 Å². The number of hydrogen-bond donors (Lipinski definition) is 1. The van der Waals surface area contributed by atoms with Crippen LogP contribution in [-0.2, 0) is 6.42 Å². The SMILES string of the molecule is CCCCc1nc2cc(C)c(C)cc2n1C1CCNCC1. The van der Waals surface area contributed by atoms with E-state index in [-0.39, 0.29) is 0 Å². The van der Waals surface area contributed by atoms with E-state index in [1.807, 2.05) is 0 Å². The third-order valence-electron chi connectivity index (χ3n) is 4.81. The van der Waals surface area contributed by atoms with Gasteiger partial charge in [-0.15, -0.1) is 0 Å². The minimum atomic E-state index is 0.616. The van der Waals surface area contributed by atoms with Crippen molar-refractivity contribution in [2.45, 2.75) is 58.9 Å². The fraction of sp³-hybridized carbons (Fsp3) is 0.611. The molecule has 3 nitrogen and oxygen atoms in total. The third-order valence-corrected chi connectivity index (χ3v) is 4.81. The number of imidazole rings is 1. The Morgan fingerprint density at radius 3 is 2.62 bits per heavy atom. The van der Waals surface area contributed by atoms with Crippen LogP contribution in [0.5, 0.6) is 0 Å². The number of hydrogen-bond acceptors (Lipinski definition) is 2. The lowest BCUT2D eigenvalue weighted by Gasteiger charge is -2.26. The van der Waals surface area contributed by atoms with E-state index in [2.05, 4.69) is 42.8 Å². The molecule has 0 aliphatic carbocycles. The van der Waals surface area contributed by atoms with Gasteiger partial charge in [0.05, 0.1) is 11.0 Å². The number of piperidine rings is 1. The molecule has 2 aromatic rings. The van der Waals surface area contributed by atoms with Gasteiger partial charge in [0.25, 0.3) is 0 Å². The van der Waals surface area contributed by atoms with Gasteiger partial charge < -0.3 is 9.88 Å². The van der Waals surface area contributed by atoms with Crippen LogP contribution in [0, 0.1) is 13.8 Å². The van der Waals surface area contributed by atoms with Crippen LogP contribution < -0.4 is 5.32 Å². The second-order valence-electron chi connectivity index (χ2n) is 6.41. The highest BCUT2D eigenvalue weighted by Gasteiger charge is 2.21. The minimum Gasteiger partial charge on any atom is -0.325 e. The number of aromatic nitrogens is 2. The van der Waals surface area contributed by atoms with Gasteiger partial charge in [0.1, 0.15) is 5.82 Å². The van der Waals surface area contributed by atoms with Crippen molar-refractivity contribution in [3.63, 3.8) is 0 Å². The number of nitrogens with one attached hydrogen (secondary N) is 1. The molecule has 21 heavy (non-hydrogen) atoms. The molecule has 0 spiro atoms. The summed E-state index contributed by atoms with van der Waals surface area (Å²) in [4.78, 5) is 4.97. The first-order valence-corrected chi connectivity index (χ1v) is 8.39. The first-order valence-electron chi connectivity index (χ1n) is 8.39. The number of unbranched alkanes of at least 4 members (excludes halogenated alkanes) is 1. The number of nitrogens with zero attached hydrogens (tertiary/aromatic N) is 2. The number of fused-ring (bicyclic) bond motifs is 1. The van der Waals surface area contributed by atoms with Crippen molar-refractivity contribution < 1.29 is 0 Å². The van der Waals surface area contributed by atoms with Crippen molar-refractivity contribution in [2.75, 3.05) is 13.1 Å². The van der Waals surface area contributed by atoms with Gasteiger partial charge in [0.2, 0.25) is 0 Å². The molecule has 1 fully saturated rings. The molecule has 0 amide bonds. The van der Waals surface area contributed by atoms with Crippen molar-refractivity contribution in [1.82, 2.24) is 14.9 Å². The molecule has 3 rings (SSSR count). The molecule has 1 aliphatic rings. The molecule has 0 unspecified atom stereocenters. The predicted molar refractivity (Wildman–Crippen MR) is 89.0 cm³/mol. The van der Waals surface area contributed by atoms with Crippen LogP contribution in [0.1, 0.15) is 55.6 Å². The lowest BCUT2D eigenvalue weighted by Crippen LogP contribution is -2.30. The standard InChI is InChI=1S/C18H27N3/c1-4-5-6-18-20-16-11-13(2)14(3)12-17(16)21(18)15-7-9-19-10-8-15/h11-12,15,19H,4-10H2,1-3H3. The quantitative estimate of drug-likeness (QED) is 0.922. The topological polar surface area (TPSA) is 29.9 Å². The summed E-state index contributed by atoms with van der Waals surface area (Å²) >= 11 is 0. The molecule has 1 saturated heterocycles. The second-order valence-corrected chi connectivity index (χ2v) is 6.41. The Morgan fingerprint density at radius 2 is 1.90 bits per heavy atom. The highest BCUT2D eigenvalue weighted by molar-refractivity contribution is 5.78. The minimum absolute atomic E-state index is 0.616. The van der Waals surface area contributed by atoms with Crippen LogP contribution in [0.4, 0.5) is 0 Å². The van der Waals surface area contributed by atoms with Crippen LogP contribution in [0.3, 0.4) is 0 Å². The lowest BCUT2D eigenvalue weighted by atomic mass is 10.0. The molecule has 1 aromatic heterocycles. The van der Waals surface area contributed by atoms with Gasteiger partial charge in [-0.05, 0) is 69.5 Å². The Morgan fingerprint density at radius 1 is 1.19 bits per heavy atom. The molecular weight excluding hydrogens is 258 g/mol. The Balaban J connectivity index is 2.09. The molecule has 0 radical (unpaired) electrons. The summed E-state index contributed by atoms with van der Waals surface area (Å²) in [6.07, 6.45) is 6.00. The summed E-state index contributed by atoms with van der Waals surface area (Å²) in [6.45, 7) is 8.90. The van der Waals surface area contributed by atoms with Gasteiger partial charge in [-0.3, -0.25) is 0 Å². The van der Waals surface area contributed by atoms with E-state index in [1.54, 1.807) is 0 Å². The summed E-state index contributed by atoms with van der Waals surface area (Å²) in [5.74, 6) is 1.30. The molecule has 3 heteroatoms. The molecule has 1 aromatic carbocycles. The molecule has 1 N–H and O–H groups in total. The van der Waals surface area contributed by atoms with E-state index >= 15 is 0 Å². The van der Waals surface area contributed by atoms with E-state index < -0.39 is 0 Å². The van der Waals surface area contributed by atoms with Gasteiger partial charge in [-0.1, -0.05) is 13.3 Å². The maximum absolute atomic E-state index is 4.97. The van der Waals surface area contributed by atoms with Gasteiger partial charge in [0, 0.05) is 12.5 Å². The first-order chi connectivity index (χ1) is 10.2. The van der Waals surface area contributed by atoms with Crippen LogP contribution >= 0.6 is 0 Å². The van der Waals surface area contributed by atoms with Crippen molar-refractivity contribution in [1.29, 1.82) is 0 Å². The summed E-state index contributed by atoms with van der Waals surface area (Å²) in [7, 11) is 0. The maximum atomic E-state index is 4.97. The summed E-state index contributed by atoms with van der Waals surface area (Å²) < 4.78 is 2.55. The van der Waals surface area contributed by atoms with Crippen molar-refractivity contribution >= 4 is 11.0 Å². The molecule has 2 heterocycles. The fourth-order valence-electron chi connectivity index (χ4n) is 3.38. The average molecular weight is 285 g/mol. The normalized spacial score (nSPS) is 16.7. The lowest BCUT2D eigenvalue weighted by molar-refractivity contribution is 0.366. The van der Waals surface area contributed by atoms with Gasteiger partial charge in [0.15, 0.2) is 0 Å². The van der Waals surface area contributed by atoms with Gasteiger partial charge >= 0.3 is 0 Å². The molecule has 0 bridgehead atoms. The number of benzene rings is 1.